The van der Waals surface area contributed by atoms with E-state index in [9.17, 15) is 16.8 Å². The maximum absolute atomic E-state index is 11.5. The average Bonchev–Trinajstić information content (AvgIpc) is 2.13. The number of aryl methyl sites for hydroxylation is 1. The van der Waals surface area contributed by atoms with Gasteiger partial charge in [0.25, 0.3) is 0 Å². The number of nitrogens with zero attached hydrogens (tertiary/aromatic N) is 1. The Labute approximate surface area is 108 Å². The van der Waals surface area contributed by atoms with Crippen molar-refractivity contribution in [3.8, 4) is 0 Å². The topological polar surface area (TPSA) is 97.5 Å². The fourth-order valence-corrected chi connectivity index (χ4v) is 3.17. The minimum Gasteiger partial charge on any atom is -0.273 e. The predicted molar refractivity (Wildman–Crippen MR) is 70.5 cm³/mol. The number of nitrogens with two attached hydrogens (primary N) is 1. The van der Waals surface area contributed by atoms with Crippen molar-refractivity contribution in [1.82, 2.24) is 0 Å². The largest absolute Gasteiger partial charge is 0.273 e. The molecule has 0 atom stereocenters. The quantitative estimate of drug-likeness (QED) is 0.869. The minimum atomic E-state index is -3.87. The van der Waals surface area contributed by atoms with Gasteiger partial charge >= 0.3 is 0 Å². The second-order valence-corrected chi connectivity index (χ2v) is 7.67. The number of hydrogen-bond acceptors (Lipinski definition) is 4. The van der Waals surface area contributed by atoms with E-state index in [1.165, 1.54) is 26.1 Å². The van der Waals surface area contributed by atoms with E-state index in [4.69, 9.17) is 5.14 Å². The Bertz CT molecular complexity index is 678. The fraction of sp³-hybridized carbons (Fsp3) is 0.400. The molecule has 0 fully saturated rings. The van der Waals surface area contributed by atoms with E-state index >= 15 is 0 Å². The molecule has 0 saturated carbocycles. The average molecular weight is 292 g/mol. The summed E-state index contributed by atoms with van der Waals surface area (Å²) in [7, 11) is -5.97. The van der Waals surface area contributed by atoms with Gasteiger partial charge in [0.1, 0.15) is 0 Å². The minimum absolute atomic E-state index is 0.0707. The van der Waals surface area contributed by atoms with E-state index in [0.717, 1.165) is 10.6 Å². The summed E-state index contributed by atoms with van der Waals surface area (Å²) in [5.41, 5.74) is 1.32. The van der Waals surface area contributed by atoms with Crippen LogP contribution >= 0.6 is 0 Å². The van der Waals surface area contributed by atoms with Crippen molar-refractivity contribution < 1.29 is 16.8 Å². The fourth-order valence-electron chi connectivity index (χ4n) is 1.78. The van der Waals surface area contributed by atoms with Gasteiger partial charge in [-0.3, -0.25) is 4.31 Å². The van der Waals surface area contributed by atoms with Crippen LogP contribution in [0.2, 0.25) is 0 Å². The van der Waals surface area contributed by atoms with Crippen LogP contribution in [0.1, 0.15) is 11.1 Å². The molecule has 0 spiro atoms. The maximum atomic E-state index is 11.5. The Kier molecular flexibility index (Phi) is 3.75. The summed E-state index contributed by atoms with van der Waals surface area (Å²) in [4.78, 5) is -0.0707. The van der Waals surface area contributed by atoms with E-state index in [2.05, 4.69) is 0 Å². The van der Waals surface area contributed by atoms with Crippen LogP contribution in [0.25, 0.3) is 0 Å². The molecule has 0 amide bonds. The molecule has 1 aromatic rings. The Morgan fingerprint density at radius 2 is 1.61 bits per heavy atom. The van der Waals surface area contributed by atoms with Crippen molar-refractivity contribution >= 4 is 25.7 Å². The molecular formula is C10H16N2O4S2. The van der Waals surface area contributed by atoms with Gasteiger partial charge in [-0.25, -0.2) is 22.0 Å². The van der Waals surface area contributed by atoms with Crippen molar-refractivity contribution in [2.24, 2.45) is 5.14 Å². The van der Waals surface area contributed by atoms with Crippen LogP contribution in [0.15, 0.2) is 17.0 Å². The first-order valence-electron chi connectivity index (χ1n) is 5.03. The van der Waals surface area contributed by atoms with E-state index in [-0.39, 0.29) is 4.90 Å². The third kappa shape index (κ3) is 2.82. The number of rotatable bonds is 3. The summed E-state index contributed by atoms with van der Waals surface area (Å²) >= 11 is 0. The van der Waals surface area contributed by atoms with Crippen molar-refractivity contribution in [3.05, 3.63) is 23.3 Å². The zero-order valence-corrected chi connectivity index (χ0v) is 12.3. The first kappa shape index (κ1) is 14.9. The lowest BCUT2D eigenvalue weighted by atomic mass is 10.1. The molecule has 0 aliphatic rings. The number of sulfonamides is 2. The monoisotopic (exact) mass is 292 g/mol. The Balaban J connectivity index is 3.66. The van der Waals surface area contributed by atoms with E-state index in [1.54, 1.807) is 6.92 Å². The van der Waals surface area contributed by atoms with Crippen molar-refractivity contribution in [2.45, 2.75) is 18.7 Å². The highest BCUT2D eigenvalue weighted by atomic mass is 32.2. The lowest BCUT2D eigenvalue weighted by molar-refractivity contribution is 0.595. The number of primary sulfonamides is 1. The maximum Gasteiger partial charge on any atom is 0.238 e. The van der Waals surface area contributed by atoms with Gasteiger partial charge in [-0.1, -0.05) is 6.07 Å². The lowest BCUT2D eigenvalue weighted by Gasteiger charge is -2.22. The summed E-state index contributed by atoms with van der Waals surface area (Å²) in [6, 6.07) is 2.91. The molecule has 0 aliphatic carbocycles. The molecule has 2 N–H and O–H groups in total. The van der Waals surface area contributed by atoms with Gasteiger partial charge < -0.3 is 0 Å². The molecule has 0 bridgehead atoms. The number of hydrogen-bond donors (Lipinski definition) is 1. The molecule has 0 radical (unpaired) electrons. The Hall–Kier alpha value is -1.12. The first-order chi connectivity index (χ1) is 7.96. The standard InChI is InChI=1S/C10H16N2O4S2/c1-7-5-6-9(18(11,15)16)8(2)10(7)12(3)17(4,13)14/h5-6H,1-4H3,(H2,11,15,16). The molecule has 8 heteroatoms. The molecule has 0 aliphatic heterocycles. The van der Waals surface area contributed by atoms with E-state index < -0.39 is 20.0 Å². The Morgan fingerprint density at radius 3 is 2.00 bits per heavy atom. The molecule has 102 valence electrons. The molecule has 0 unspecified atom stereocenters. The van der Waals surface area contributed by atoms with Crippen molar-refractivity contribution in [2.75, 3.05) is 17.6 Å². The molecule has 1 aromatic carbocycles. The number of benzene rings is 1. The zero-order valence-electron chi connectivity index (χ0n) is 10.6. The normalized spacial score (nSPS) is 12.5. The molecule has 6 nitrogen and oxygen atoms in total. The molecule has 0 saturated heterocycles. The molecule has 0 heterocycles. The van der Waals surface area contributed by atoms with Gasteiger partial charge in [-0.2, -0.15) is 0 Å². The molecular weight excluding hydrogens is 276 g/mol. The van der Waals surface area contributed by atoms with E-state index in [1.807, 2.05) is 0 Å². The van der Waals surface area contributed by atoms with Crippen LogP contribution in [-0.2, 0) is 20.0 Å². The summed E-state index contributed by atoms with van der Waals surface area (Å²) in [6.07, 6.45) is 1.05. The SMILES string of the molecule is Cc1ccc(S(N)(=O)=O)c(C)c1N(C)S(C)(=O)=O. The summed E-state index contributed by atoms with van der Waals surface area (Å²) in [5, 5.41) is 5.09. The Morgan fingerprint density at radius 1 is 1.11 bits per heavy atom. The first-order valence-corrected chi connectivity index (χ1v) is 8.42. The van der Waals surface area contributed by atoms with Crippen LogP contribution in [0.4, 0.5) is 5.69 Å². The zero-order chi connectivity index (χ0) is 14.3. The van der Waals surface area contributed by atoms with Gasteiger partial charge in [-0.05, 0) is 31.0 Å². The third-order valence-electron chi connectivity index (χ3n) is 2.70. The van der Waals surface area contributed by atoms with Gasteiger partial charge in [0.15, 0.2) is 0 Å². The van der Waals surface area contributed by atoms with Crippen LogP contribution in [0.5, 0.6) is 0 Å². The third-order valence-corrected chi connectivity index (χ3v) is 4.93. The highest BCUT2D eigenvalue weighted by molar-refractivity contribution is 7.92. The predicted octanol–water partition coefficient (Wildman–Crippen LogP) is 0.347. The van der Waals surface area contributed by atoms with Crippen LogP contribution in [0.3, 0.4) is 0 Å². The van der Waals surface area contributed by atoms with Crippen LogP contribution in [-0.4, -0.2) is 30.1 Å². The smallest absolute Gasteiger partial charge is 0.238 e. The molecule has 0 aromatic heterocycles. The number of anilines is 1. The van der Waals surface area contributed by atoms with Gasteiger partial charge in [0, 0.05) is 7.05 Å². The van der Waals surface area contributed by atoms with E-state index in [0.29, 0.717) is 16.8 Å². The van der Waals surface area contributed by atoms with Crippen molar-refractivity contribution in [3.63, 3.8) is 0 Å². The second kappa shape index (κ2) is 4.52. The lowest BCUT2D eigenvalue weighted by Crippen LogP contribution is -2.27. The highest BCUT2D eigenvalue weighted by Gasteiger charge is 2.21. The highest BCUT2D eigenvalue weighted by Crippen LogP contribution is 2.30. The summed E-state index contributed by atoms with van der Waals surface area (Å²) in [6.45, 7) is 3.24. The van der Waals surface area contributed by atoms with Crippen LogP contribution in [0, 0.1) is 13.8 Å². The van der Waals surface area contributed by atoms with Crippen molar-refractivity contribution in [1.29, 1.82) is 0 Å². The molecule has 1 rings (SSSR count). The molecule has 18 heavy (non-hydrogen) atoms. The van der Waals surface area contributed by atoms with Gasteiger partial charge in [-0.15, -0.1) is 0 Å². The second-order valence-electron chi connectivity index (χ2n) is 4.13. The van der Waals surface area contributed by atoms with Gasteiger partial charge in [0.2, 0.25) is 20.0 Å². The summed E-state index contributed by atoms with van der Waals surface area (Å²) < 4.78 is 46.9. The van der Waals surface area contributed by atoms with Crippen LogP contribution < -0.4 is 9.44 Å². The van der Waals surface area contributed by atoms with Gasteiger partial charge in [0.05, 0.1) is 16.8 Å². The summed E-state index contributed by atoms with van der Waals surface area (Å²) in [5.74, 6) is 0.